The van der Waals surface area contributed by atoms with Crippen LogP contribution < -0.4 is 5.32 Å². The van der Waals surface area contributed by atoms with Crippen molar-refractivity contribution in [1.82, 2.24) is 5.32 Å². The first-order valence-corrected chi connectivity index (χ1v) is 7.51. The van der Waals surface area contributed by atoms with Gasteiger partial charge < -0.3 is 9.73 Å². The van der Waals surface area contributed by atoms with Gasteiger partial charge in [0.1, 0.15) is 0 Å². The van der Waals surface area contributed by atoms with Crippen molar-refractivity contribution in [3.8, 4) is 0 Å². The monoisotopic (exact) mass is 291 g/mol. The van der Waals surface area contributed by atoms with Crippen LogP contribution in [0.15, 0.2) is 47.3 Å². The van der Waals surface area contributed by atoms with E-state index in [1.165, 1.54) is 11.1 Å². The third-order valence-corrected chi connectivity index (χ3v) is 3.75. The van der Waals surface area contributed by atoms with Gasteiger partial charge in [-0.05, 0) is 48.6 Å². The fourth-order valence-electron chi connectivity index (χ4n) is 2.34. The molecule has 0 aliphatic carbocycles. The lowest BCUT2D eigenvalue weighted by atomic mass is 9.93. The Labute approximate surface area is 126 Å². The minimum atomic E-state index is 0.494. The fourth-order valence-corrected chi connectivity index (χ4v) is 2.55. The molecular formula is C17H22ClNO. The molecule has 108 valence electrons. The zero-order valence-electron chi connectivity index (χ0n) is 12.1. The van der Waals surface area contributed by atoms with Crippen LogP contribution in [0.1, 0.15) is 25.0 Å². The summed E-state index contributed by atoms with van der Waals surface area (Å²) in [5.74, 6) is 0.509. The van der Waals surface area contributed by atoms with Crippen molar-refractivity contribution >= 4 is 11.6 Å². The summed E-state index contributed by atoms with van der Waals surface area (Å²) in [6.45, 7) is 5.32. The Kier molecular flexibility index (Phi) is 5.69. The van der Waals surface area contributed by atoms with E-state index in [1.54, 1.807) is 6.26 Å². The summed E-state index contributed by atoms with van der Waals surface area (Å²) in [4.78, 5) is 0. The molecule has 0 aliphatic heterocycles. The van der Waals surface area contributed by atoms with Gasteiger partial charge in [0.15, 0.2) is 0 Å². The van der Waals surface area contributed by atoms with Crippen molar-refractivity contribution in [3.63, 3.8) is 0 Å². The van der Waals surface area contributed by atoms with Gasteiger partial charge >= 0.3 is 0 Å². The lowest BCUT2D eigenvalue weighted by Crippen LogP contribution is -2.31. The molecule has 0 saturated carbocycles. The van der Waals surface area contributed by atoms with Crippen molar-refractivity contribution in [3.05, 3.63) is 59.0 Å². The van der Waals surface area contributed by atoms with Crippen LogP contribution in [0, 0.1) is 5.92 Å². The Hall–Kier alpha value is -1.25. The van der Waals surface area contributed by atoms with Gasteiger partial charge in [-0.25, -0.2) is 0 Å². The first kappa shape index (κ1) is 15.1. The highest BCUT2D eigenvalue weighted by molar-refractivity contribution is 6.31. The highest BCUT2D eigenvalue weighted by Crippen LogP contribution is 2.21. The average Bonchev–Trinajstić information content (AvgIpc) is 2.91. The standard InChI is InChI=1S/C17H22ClNO/c1-13(2)19-11-15(9-14-7-8-20-12-14)10-16-5-3-4-6-17(16)18/h3-8,12-13,15,19H,9-11H2,1-2H3. The minimum absolute atomic E-state index is 0.494. The van der Waals surface area contributed by atoms with E-state index >= 15 is 0 Å². The molecule has 0 amide bonds. The average molecular weight is 292 g/mol. The van der Waals surface area contributed by atoms with Crippen molar-refractivity contribution in [2.45, 2.75) is 32.7 Å². The first-order chi connectivity index (χ1) is 9.65. The predicted octanol–water partition coefficient (Wildman–Crippen LogP) is 4.33. The summed E-state index contributed by atoms with van der Waals surface area (Å²) in [5, 5.41) is 4.38. The van der Waals surface area contributed by atoms with Gasteiger partial charge in [0, 0.05) is 11.1 Å². The zero-order chi connectivity index (χ0) is 14.4. The van der Waals surface area contributed by atoms with Crippen LogP contribution in [0.25, 0.3) is 0 Å². The smallest absolute Gasteiger partial charge is 0.0934 e. The first-order valence-electron chi connectivity index (χ1n) is 7.13. The molecule has 0 radical (unpaired) electrons. The van der Waals surface area contributed by atoms with Crippen LogP contribution >= 0.6 is 11.6 Å². The summed E-state index contributed by atoms with van der Waals surface area (Å²) in [5.41, 5.74) is 2.46. The van der Waals surface area contributed by atoms with Gasteiger partial charge in [-0.3, -0.25) is 0 Å². The van der Waals surface area contributed by atoms with Gasteiger partial charge in [-0.1, -0.05) is 43.6 Å². The van der Waals surface area contributed by atoms with Crippen LogP contribution in [0.5, 0.6) is 0 Å². The van der Waals surface area contributed by atoms with E-state index in [9.17, 15) is 0 Å². The molecular weight excluding hydrogens is 270 g/mol. The Morgan fingerprint density at radius 2 is 1.95 bits per heavy atom. The van der Waals surface area contributed by atoms with Gasteiger partial charge in [0.2, 0.25) is 0 Å². The number of halogens is 1. The van der Waals surface area contributed by atoms with E-state index in [-0.39, 0.29) is 0 Å². The third kappa shape index (κ3) is 4.69. The summed E-state index contributed by atoms with van der Waals surface area (Å²) < 4.78 is 5.17. The molecule has 1 unspecified atom stereocenters. The molecule has 2 nitrogen and oxygen atoms in total. The molecule has 1 heterocycles. The van der Waals surface area contributed by atoms with Crippen LogP contribution in [0.2, 0.25) is 5.02 Å². The summed E-state index contributed by atoms with van der Waals surface area (Å²) in [6, 6.07) is 10.6. The van der Waals surface area contributed by atoms with Crippen LogP contribution in [0.3, 0.4) is 0 Å². The third-order valence-electron chi connectivity index (χ3n) is 3.39. The van der Waals surface area contributed by atoms with Gasteiger partial charge in [0.05, 0.1) is 12.5 Å². The van der Waals surface area contributed by atoms with E-state index in [2.05, 4.69) is 25.2 Å². The summed E-state index contributed by atoms with van der Waals surface area (Å²) in [7, 11) is 0. The van der Waals surface area contributed by atoms with Crippen LogP contribution in [-0.2, 0) is 12.8 Å². The number of benzene rings is 1. The fraction of sp³-hybridized carbons (Fsp3) is 0.412. The maximum Gasteiger partial charge on any atom is 0.0934 e. The molecule has 1 atom stereocenters. The summed E-state index contributed by atoms with van der Waals surface area (Å²) in [6.07, 6.45) is 5.54. The Bertz CT molecular complexity index is 507. The minimum Gasteiger partial charge on any atom is -0.472 e. The number of rotatable bonds is 7. The van der Waals surface area contributed by atoms with E-state index in [1.807, 2.05) is 30.5 Å². The molecule has 0 bridgehead atoms. The topological polar surface area (TPSA) is 25.2 Å². The van der Waals surface area contributed by atoms with E-state index in [0.29, 0.717) is 12.0 Å². The van der Waals surface area contributed by atoms with Crippen molar-refractivity contribution in [1.29, 1.82) is 0 Å². The second-order valence-corrected chi connectivity index (χ2v) is 5.97. The highest BCUT2D eigenvalue weighted by Gasteiger charge is 2.13. The second-order valence-electron chi connectivity index (χ2n) is 5.56. The molecule has 2 rings (SSSR count). The van der Waals surface area contributed by atoms with Crippen molar-refractivity contribution in [2.75, 3.05) is 6.54 Å². The lowest BCUT2D eigenvalue weighted by molar-refractivity contribution is 0.442. The van der Waals surface area contributed by atoms with Crippen LogP contribution in [0.4, 0.5) is 0 Å². The normalized spacial score (nSPS) is 12.8. The van der Waals surface area contributed by atoms with E-state index < -0.39 is 0 Å². The van der Waals surface area contributed by atoms with Crippen molar-refractivity contribution in [2.24, 2.45) is 5.92 Å². The highest BCUT2D eigenvalue weighted by atomic mass is 35.5. The molecule has 0 spiro atoms. The molecule has 0 fully saturated rings. The number of furan rings is 1. The molecule has 0 aliphatic rings. The second kappa shape index (κ2) is 7.51. The SMILES string of the molecule is CC(C)NCC(Cc1ccoc1)Cc1ccccc1Cl. The quantitative estimate of drug-likeness (QED) is 0.821. The molecule has 1 aromatic carbocycles. The van der Waals surface area contributed by atoms with E-state index in [0.717, 1.165) is 24.4 Å². The summed E-state index contributed by atoms with van der Waals surface area (Å²) >= 11 is 6.27. The van der Waals surface area contributed by atoms with Crippen LogP contribution in [-0.4, -0.2) is 12.6 Å². The number of nitrogens with one attached hydrogen (secondary N) is 1. The predicted molar refractivity (Wildman–Crippen MR) is 84.2 cm³/mol. The van der Waals surface area contributed by atoms with Crippen molar-refractivity contribution < 1.29 is 4.42 Å². The number of hydrogen-bond acceptors (Lipinski definition) is 2. The maximum absolute atomic E-state index is 6.27. The van der Waals surface area contributed by atoms with Gasteiger partial charge in [0.25, 0.3) is 0 Å². The largest absolute Gasteiger partial charge is 0.472 e. The molecule has 0 saturated heterocycles. The molecule has 1 N–H and O–H groups in total. The van der Waals surface area contributed by atoms with E-state index in [4.69, 9.17) is 16.0 Å². The van der Waals surface area contributed by atoms with Gasteiger partial charge in [-0.15, -0.1) is 0 Å². The zero-order valence-corrected chi connectivity index (χ0v) is 12.9. The molecule has 2 aromatic rings. The maximum atomic E-state index is 6.27. The molecule has 3 heteroatoms. The Balaban J connectivity index is 2.03. The molecule has 20 heavy (non-hydrogen) atoms. The van der Waals surface area contributed by atoms with Gasteiger partial charge in [-0.2, -0.15) is 0 Å². The Morgan fingerprint density at radius 1 is 1.15 bits per heavy atom. The number of hydrogen-bond donors (Lipinski definition) is 1. The Morgan fingerprint density at radius 3 is 2.60 bits per heavy atom. The lowest BCUT2D eigenvalue weighted by Gasteiger charge is -2.19. The molecule has 1 aromatic heterocycles.